The van der Waals surface area contributed by atoms with Gasteiger partial charge in [-0.15, -0.1) is 0 Å². The summed E-state index contributed by atoms with van der Waals surface area (Å²) in [4.78, 5) is 24.9. The van der Waals surface area contributed by atoms with Crippen molar-refractivity contribution in [2.75, 3.05) is 13.1 Å². The minimum Gasteiger partial charge on any atom is -0.481 e. The molecule has 0 aromatic heterocycles. The van der Waals surface area contributed by atoms with E-state index in [2.05, 4.69) is 12.2 Å². The number of urea groups is 1. The van der Waals surface area contributed by atoms with Gasteiger partial charge in [0.15, 0.2) is 0 Å². The van der Waals surface area contributed by atoms with Gasteiger partial charge in [-0.1, -0.05) is 13.3 Å². The van der Waals surface area contributed by atoms with Gasteiger partial charge >= 0.3 is 12.0 Å². The summed E-state index contributed by atoms with van der Waals surface area (Å²) in [6, 6.07) is -0.0338. The first-order valence-electron chi connectivity index (χ1n) is 7.18. The zero-order valence-electron chi connectivity index (χ0n) is 11.8. The summed E-state index contributed by atoms with van der Waals surface area (Å²) < 4.78 is 0. The van der Waals surface area contributed by atoms with Crippen LogP contribution in [0.2, 0.25) is 0 Å². The third-order valence-corrected chi connectivity index (χ3v) is 4.71. The summed E-state index contributed by atoms with van der Waals surface area (Å²) >= 11 is 0. The van der Waals surface area contributed by atoms with Crippen molar-refractivity contribution in [1.29, 1.82) is 0 Å². The average Bonchev–Trinajstić information content (AvgIpc) is 2.33. The Morgan fingerprint density at radius 2 is 2.11 bits per heavy atom. The van der Waals surface area contributed by atoms with Crippen LogP contribution in [0.25, 0.3) is 0 Å². The van der Waals surface area contributed by atoms with Crippen LogP contribution in [0.3, 0.4) is 0 Å². The van der Waals surface area contributed by atoms with Crippen molar-refractivity contribution in [3.63, 3.8) is 0 Å². The van der Waals surface area contributed by atoms with Crippen LogP contribution >= 0.6 is 0 Å². The highest BCUT2D eigenvalue weighted by atomic mass is 16.4. The number of amides is 2. The second-order valence-corrected chi connectivity index (χ2v) is 6.42. The fourth-order valence-electron chi connectivity index (χ4n) is 3.05. The molecule has 2 amide bonds. The van der Waals surface area contributed by atoms with Crippen molar-refractivity contribution in [3.05, 3.63) is 0 Å². The Morgan fingerprint density at radius 3 is 2.58 bits per heavy atom. The largest absolute Gasteiger partial charge is 0.481 e. The summed E-state index contributed by atoms with van der Waals surface area (Å²) in [5.74, 6) is -1.04. The summed E-state index contributed by atoms with van der Waals surface area (Å²) in [5, 5.41) is 12.0. The number of rotatable bonds is 3. The van der Waals surface area contributed by atoms with Gasteiger partial charge in [-0.2, -0.15) is 0 Å². The topological polar surface area (TPSA) is 69.6 Å². The Hall–Kier alpha value is -1.26. The molecule has 0 aromatic rings. The lowest BCUT2D eigenvalue weighted by molar-refractivity contribution is -0.143. The molecule has 2 fully saturated rings. The predicted molar refractivity (Wildman–Crippen MR) is 71.9 cm³/mol. The lowest BCUT2D eigenvalue weighted by Crippen LogP contribution is -2.52. The Morgan fingerprint density at radius 1 is 1.42 bits per heavy atom. The van der Waals surface area contributed by atoms with E-state index < -0.39 is 5.97 Å². The summed E-state index contributed by atoms with van der Waals surface area (Å²) in [7, 11) is 0. The van der Waals surface area contributed by atoms with Crippen LogP contribution in [0.4, 0.5) is 4.79 Å². The molecule has 0 radical (unpaired) electrons. The van der Waals surface area contributed by atoms with Crippen LogP contribution in [0.15, 0.2) is 0 Å². The second-order valence-electron chi connectivity index (χ2n) is 6.42. The van der Waals surface area contributed by atoms with E-state index in [4.69, 9.17) is 5.11 Å². The lowest BCUT2D eigenvalue weighted by Gasteiger charge is -2.40. The predicted octanol–water partition coefficient (Wildman–Crippen LogP) is 2.07. The molecule has 2 rings (SSSR count). The summed E-state index contributed by atoms with van der Waals surface area (Å²) in [5.41, 5.74) is 0.276. The first-order valence-corrected chi connectivity index (χ1v) is 7.18. The normalized spacial score (nSPS) is 29.5. The molecule has 0 bridgehead atoms. The van der Waals surface area contributed by atoms with Crippen molar-refractivity contribution in [2.45, 2.75) is 52.0 Å². The van der Waals surface area contributed by atoms with Crippen LogP contribution in [0.1, 0.15) is 46.0 Å². The minimum absolute atomic E-state index is 0.00375. The monoisotopic (exact) mass is 268 g/mol. The van der Waals surface area contributed by atoms with E-state index in [-0.39, 0.29) is 23.4 Å². The molecule has 19 heavy (non-hydrogen) atoms. The molecule has 0 aromatic carbocycles. The molecule has 0 spiro atoms. The first-order chi connectivity index (χ1) is 8.91. The van der Waals surface area contributed by atoms with E-state index in [1.807, 2.05) is 6.92 Å². The van der Waals surface area contributed by atoms with Crippen molar-refractivity contribution >= 4 is 12.0 Å². The smallest absolute Gasteiger partial charge is 0.317 e. The average molecular weight is 268 g/mol. The highest BCUT2D eigenvalue weighted by Gasteiger charge is 2.35. The molecule has 2 unspecified atom stereocenters. The van der Waals surface area contributed by atoms with E-state index in [1.54, 1.807) is 4.90 Å². The van der Waals surface area contributed by atoms with Crippen LogP contribution in [0.5, 0.6) is 0 Å². The fraction of sp³-hybridized carbons (Fsp3) is 0.857. The Balaban J connectivity index is 1.81. The number of aliphatic carboxylic acids is 1. The molecule has 2 N–H and O–H groups in total. The highest BCUT2D eigenvalue weighted by Crippen LogP contribution is 2.39. The van der Waals surface area contributed by atoms with Gasteiger partial charge in [0, 0.05) is 19.1 Å². The van der Waals surface area contributed by atoms with Gasteiger partial charge in [-0.25, -0.2) is 4.79 Å². The molecule has 108 valence electrons. The number of hydrogen-bond acceptors (Lipinski definition) is 2. The zero-order valence-corrected chi connectivity index (χ0v) is 11.8. The summed E-state index contributed by atoms with van der Waals surface area (Å²) in [6.07, 6.45) is 4.74. The van der Waals surface area contributed by atoms with E-state index in [9.17, 15) is 9.59 Å². The maximum Gasteiger partial charge on any atom is 0.317 e. The quantitative estimate of drug-likeness (QED) is 0.823. The molecule has 1 heterocycles. The fourth-order valence-corrected chi connectivity index (χ4v) is 3.05. The molecule has 1 aliphatic heterocycles. The molecule has 5 heteroatoms. The summed E-state index contributed by atoms with van der Waals surface area (Å²) in [6.45, 7) is 5.41. The number of piperidine rings is 1. The van der Waals surface area contributed by atoms with Crippen molar-refractivity contribution < 1.29 is 14.7 Å². The number of hydrogen-bond donors (Lipinski definition) is 2. The number of likely N-dealkylation sites (tertiary alicyclic amines) is 1. The van der Waals surface area contributed by atoms with Crippen LogP contribution < -0.4 is 5.32 Å². The molecule has 1 aliphatic carbocycles. The molecule has 2 aliphatic rings. The number of carbonyl (C=O) groups excluding carboxylic acids is 1. The third-order valence-electron chi connectivity index (χ3n) is 4.71. The molecule has 1 saturated carbocycles. The van der Waals surface area contributed by atoms with Crippen molar-refractivity contribution in [1.82, 2.24) is 10.2 Å². The van der Waals surface area contributed by atoms with Crippen molar-refractivity contribution in [2.24, 2.45) is 11.3 Å². The van der Waals surface area contributed by atoms with Crippen LogP contribution in [-0.4, -0.2) is 41.1 Å². The van der Waals surface area contributed by atoms with Gasteiger partial charge in [0.05, 0.1) is 5.92 Å². The van der Waals surface area contributed by atoms with Gasteiger partial charge in [-0.3, -0.25) is 4.79 Å². The van der Waals surface area contributed by atoms with E-state index in [0.29, 0.717) is 19.4 Å². The van der Waals surface area contributed by atoms with E-state index >= 15 is 0 Å². The number of nitrogens with one attached hydrogen (secondary N) is 1. The zero-order chi connectivity index (χ0) is 14.0. The number of nitrogens with zero attached hydrogens (tertiary/aromatic N) is 1. The van der Waals surface area contributed by atoms with Gasteiger partial charge < -0.3 is 15.3 Å². The maximum absolute atomic E-state index is 12.1. The number of carboxylic acids is 1. The van der Waals surface area contributed by atoms with Crippen LogP contribution in [0, 0.1) is 11.3 Å². The Kier molecular flexibility index (Phi) is 4.02. The number of carbonyl (C=O) groups is 2. The SMILES string of the molecule is CC1CC(C(=O)O)CCN1C(=O)NCC1(C)CCC1. The maximum atomic E-state index is 12.1. The van der Waals surface area contributed by atoms with Gasteiger partial charge in [0.1, 0.15) is 0 Å². The standard InChI is InChI=1S/C14H24N2O3/c1-10-8-11(12(17)18)4-7-16(10)13(19)15-9-14(2)5-3-6-14/h10-11H,3-9H2,1-2H3,(H,15,19)(H,17,18). The van der Waals surface area contributed by atoms with Crippen LogP contribution in [-0.2, 0) is 4.79 Å². The number of carboxylic acid groups (broad SMARTS) is 1. The lowest BCUT2D eigenvalue weighted by atomic mass is 9.70. The van der Waals surface area contributed by atoms with Gasteiger partial charge in [0.2, 0.25) is 0 Å². The molecule has 1 saturated heterocycles. The highest BCUT2D eigenvalue weighted by molar-refractivity contribution is 5.75. The Bertz CT molecular complexity index is 366. The minimum atomic E-state index is -0.742. The van der Waals surface area contributed by atoms with Gasteiger partial charge in [0.25, 0.3) is 0 Å². The molecule has 2 atom stereocenters. The third kappa shape index (κ3) is 3.19. The van der Waals surface area contributed by atoms with Crippen molar-refractivity contribution in [3.8, 4) is 0 Å². The van der Waals surface area contributed by atoms with Gasteiger partial charge in [-0.05, 0) is 38.0 Å². The van der Waals surface area contributed by atoms with E-state index in [0.717, 1.165) is 6.54 Å². The molecular weight excluding hydrogens is 244 g/mol. The first kappa shape index (κ1) is 14.2. The second kappa shape index (κ2) is 5.39. The molecular formula is C14H24N2O3. The molecule has 5 nitrogen and oxygen atoms in total. The Labute approximate surface area is 114 Å². The van der Waals surface area contributed by atoms with E-state index in [1.165, 1.54) is 19.3 Å².